The molecular weight excluding hydrogens is 248 g/mol. The van der Waals surface area contributed by atoms with Gasteiger partial charge in [0.2, 0.25) is 11.8 Å². The normalized spacial score (nSPS) is 18.4. The van der Waals surface area contributed by atoms with Gasteiger partial charge in [0.05, 0.1) is 0 Å². The van der Waals surface area contributed by atoms with Gasteiger partial charge in [0, 0.05) is 25.9 Å². The summed E-state index contributed by atoms with van der Waals surface area (Å²) in [5.74, 6) is -1.35. The molecule has 108 valence electrons. The van der Waals surface area contributed by atoms with Gasteiger partial charge in [0.1, 0.15) is 6.04 Å². The molecule has 19 heavy (non-hydrogen) atoms. The predicted octanol–water partition coefficient (Wildman–Crippen LogP) is 0.758. The third-order valence-electron chi connectivity index (χ3n) is 3.28. The van der Waals surface area contributed by atoms with E-state index in [9.17, 15) is 14.4 Å². The number of hydrogen-bond acceptors (Lipinski definition) is 3. The van der Waals surface area contributed by atoms with E-state index in [1.807, 2.05) is 6.92 Å². The molecule has 0 saturated carbocycles. The largest absolute Gasteiger partial charge is 0.480 e. The van der Waals surface area contributed by atoms with Crippen molar-refractivity contribution in [2.45, 2.75) is 51.5 Å². The number of amides is 2. The highest BCUT2D eigenvalue weighted by molar-refractivity contribution is 5.87. The number of carboxylic acid groups (broad SMARTS) is 1. The first kappa shape index (κ1) is 15.5. The van der Waals surface area contributed by atoms with Crippen LogP contribution in [0, 0.1) is 0 Å². The van der Waals surface area contributed by atoms with Crippen LogP contribution in [0.1, 0.15) is 45.4 Å². The highest BCUT2D eigenvalue weighted by Crippen LogP contribution is 2.18. The minimum absolute atomic E-state index is 0.0851. The van der Waals surface area contributed by atoms with Gasteiger partial charge in [0.15, 0.2) is 0 Å². The molecule has 0 aromatic rings. The third kappa shape index (κ3) is 4.89. The molecule has 1 fully saturated rings. The Labute approximate surface area is 113 Å². The van der Waals surface area contributed by atoms with Gasteiger partial charge in [0.25, 0.3) is 0 Å². The number of hydrogen-bond donors (Lipinski definition) is 2. The van der Waals surface area contributed by atoms with E-state index in [1.165, 1.54) is 4.90 Å². The summed E-state index contributed by atoms with van der Waals surface area (Å²) in [4.78, 5) is 35.7. The second kappa shape index (κ2) is 7.76. The zero-order valence-electron chi connectivity index (χ0n) is 11.4. The number of carbonyl (C=O) groups is 3. The van der Waals surface area contributed by atoms with Crippen LogP contribution in [0.5, 0.6) is 0 Å². The van der Waals surface area contributed by atoms with E-state index in [2.05, 4.69) is 5.32 Å². The molecule has 0 bridgehead atoms. The molecule has 1 atom stereocenters. The molecule has 1 rings (SSSR count). The van der Waals surface area contributed by atoms with Gasteiger partial charge in [-0.25, -0.2) is 4.79 Å². The predicted molar refractivity (Wildman–Crippen MR) is 69.5 cm³/mol. The lowest BCUT2D eigenvalue weighted by molar-refractivity contribution is -0.148. The second-order valence-corrected chi connectivity index (χ2v) is 4.79. The van der Waals surface area contributed by atoms with Crippen LogP contribution in [-0.4, -0.2) is 46.9 Å². The van der Waals surface area contributed by atoms with Crippen molar-refractivity contribution in [1.29, 1.82) is 0 Å². The van der Waals surface area contributed by atoms with Crippen LogP contribution < -0.4 is 5.32 Å². The molecule has 1 aliphatic rings. The molecule has 2 N–H and O–H groups in total. The number of carboxylic acids is 1. The Bertz CT molecular complexity index is 344. The molecule has 0 spiro atoms. The highest BCUT2D eigenvalue weighted by atomic mass is 16.4. The van der Waals surface area contributed by atoms with Crippen LogP contribution in [0.15, 0.2) is 0 Å². The maximum Gasteiger partial charge on any atom is 0.326 e. The van der Waals surface area contributed by atoms with Crippen molar-refractivity contribution in [3.05, 3.63) is 0 Å². The molecular formula is C13H22N2O4. The molecule has 1 heterocycles. The van der Waals surface area contributed by atoms with Crippen molar-refractivity contribution in [3.63, 3.8) is 0 Å². The van der Waals surface area contributed by atoms with Crippen molar-refractivity contribution < 1.29 is 19.5 Å². The fraction of sp³-hybridized carbons (Fsp3) is 0.769. The number of nitrogens with zero attached hydrogens (tertiary/aromatic N) is 1. The van der Waals surface area contributed by atoms with Gasteiger partial charge < -0.3 is 15.3 Å². The highest BCUT2D eigenvalue weighted by Gasteiger charge is 2.33. The second-order valence-electron chi connectivity index (χ2n) is 4.79. The van der Waals surface area contributed by atoms with Crippen LogP contribution in [-0.2, 0) is 14.4 Å². The average molecular weight is 270 g/mol. The van der Waals surface area contributed by atoms with Gasteiger partial charge >= 0.3 is 5.97 Å². The first-order chi connectivity index (χ1) is 9.06. The Balaban J connectivity index is 2.30. The minimum Gasteiger partial charge on any atom is -0.480 e. The summed E-state index contributed by atoms with van der Waals surface area (Å²) >= 11 is 0. The van der Waals surface area contributed by atoms with Crippen LogP contribution in [0.2, 0.25) is 0 Å². The smallest absolute Gasteiger partial charge is 0.326 e. The molecule has 0 aliphatic carbocycles. The van der Waals surface area contributed by atoms with E-state index in [1.54, 1.807) is 0 Å². The maximum atomic E-state index is 11.9. The fourth-order valence-electron chi connectivity index (χ4n) is 2.18. The van der Waals surface area contributed by atoms with E-state index >= 15 is 0 Å². The summed E-state index contributed by atoms with van der Waals surface area (Å²) in [7, 11) is 0. The summed E-state index contributed by atoms with van der Waals surface area (Å²) < 4.78 is 0. The summed E-state index contributed by atoms with van der Waals surface area (Å²) in [6.45, 7) is 3.15. The van der Waals surface area contributed by atoms with Crippen molar-refractivity contribution >= 4 is 17.8 Å². The van der Waals surface area contributed by atoms with Crippen LogP contribution in [0.3, 0.4) is 0 Å². The third-order valence-corrected chi connectivity index (χ3v) is 3.28. The van der Waals surface area contributed by atoms with Gasteiger partial charge in [-0.3, -0.25) is 9.59 Å². The monoisotopic (exact) mass is 270 g/mol. The Hall–Kier alpha value is -1.59. The number of aliphatic carboxylic acids is 1. The van der Waals surface area contributed by atoms with Gasteiger partial charge in [-0.2, -0.15) is 0 Å². The lowest BCUT2D eigenvalue weighted by Gasteiger charge is -2.21. The summed E-state index contributed by atoms with van der Waals surface area (Å²) in [5, 5.41) is 11.7. The number of nitrogens with one attached hydrogen (secondary N) is 1. The number of carbonyl (C=O) groups excluding carboxylic acids is 2. The Morgan fingerprint density at radius 2 is 2.05 bits per heavy atom. The first-order valence-electron chi connectivity index (χ1n) is 6.85. The average Bonchev–Trinajstić information content (AvgIpc) is 2.85. The molecule has 6 nitrogen and oxygen atoms in total. The zero-order chi connectivity index (χ0) is 14.3. The number of rotatable bonds is 7. The molecule has 6 heteroatoms. The standard InChI is InChI=1S/C13H22N2O4/c1-2-3-8-14-11(16)6-7-12(17)15-9-4-5-10(15)13(18)19/h10H,2-9H2,1H3,(H,14,16)(H,18,19). The number of unbranched alkanes of at least 4 members (excludes halogenated alkanes) is 1. The maximum absolute atomic E-state index is 11.9. The lowest BCUT2D eigenvalue weighted by Crippen LogP contribution is -2.40. The van der Waals surface area contributed by atoms with Crippen LogP contribution >= 0.6 is 0 Å². The Kier molecular flexibility index (Phi) is 6.32. The minimum atomic E-state index is -0.960. The Morgan fingerprint density at radius 3 is 2.68 bits per heavy atom. The summed E-state index contributed by atoms with van der Waals surface area (Å²) in [5.41, 5.74) is 0. The lowest BCUT2D eigenvalue weighted by atomic mass is 10.2. The quantitative estimate of drug-likeness (QED) is 0.669. The first-order valence-corrected chi connectivity index (χ1v) is 6.85. The summed E-state index contributed by atoms with van der Waals surface area (Å²) in [6.07, 6.45) is 3.36. The van der Waals surface area contributed by atoms with E-state index in [4.69, 9.17) is 5.11 Å². The van der Waals surface area contributed by atoms with Gasteiger partial charge in [-0.15, -0.1) is 0 Å². The van der Waals surface area contributed by atoms with Crippen molar-refractivity contribution in [1.82, 2.24) is 10.2 Å². The Morgan fingerprint density at radius 1 is 1.32 bits per heavy atom. The van der Waals surface area contributed by atoms with E-state index < -0.39 is 12.0 Å². The van der Waals surface area contributed by atoms with Crippen molar-refractivity contribution in [2.75, 3.05) is 13.1 Å². The van der Waals surface area contributed by atoms with E-state index in [0.29, 0.717) is 25.9 Å². The number of likely N-dealkylation sites (tertiary alicyclic amines) is 1. The zero-order valence-corrected chi connectivity index (χ0v) is 11.4. The van der Waals surface area contributed by atoms with E-state index in [-0.39, 0.29) is 24.7 Å². The van der Waals surface area contributed by atoms with E-state index in [0.717, 1.165) is 12.8 Å². The van der Waals surface area contributed by atoms with Crippen LogP contribution in [0.4, 0.5) is 0 Å². The molecule has 1 aliphatic heterocycles. The molecule has 0 aromatic heterocycles. The topological polar surface area (TPSA) is 86.7 Å². The van der Waals surface area contributed by atoms with Crippen molar-refractivity contribution in [2.24, 2.45) is 0 Å². The van der Waals surface area contributed by atoms with Gasteiger partial charge in [-0.05, 0) is 19.3 Å². The molecule has 0 aromatic carbocycles. The van der Waals surface area contributed by atoms with Gasteiger partial charge in [-0.1, -0.05) is 13.3 Å². The van der Waals surface area contributed by atoms with Crippen molar-refractivity contribution in [3.8, 4) is 0 Å². The molecule has 0 radical (unpaired) electrons. The SMILES string of the molecule is CCCCNC(=O)CCC(=O)N1CCCC1C(=O)O. The molecule has 2 amide bonds. The summed E-state index contributed by atoms with van der Waals surface area (Å²) in [6, 6.07) is -0.712. The fourth-order valence-corrected chi connectivity index (χ4v) is 2.18. The van der Waals surface area contributed by atoms with Crippen LogP contribution in [0.25, 0.3) is 0 Å². The molecule has 1 saturated heterocycles. The molecule has 1 unspecified atom stereocenters.